The lowest BCUT2D eigenvalue weighted by atomic mass is 9.65. The Labute approximate surface area is 266 Å². The molecule has 0 aromatic heterocycles. The zero-order valence-electron chi connectivity index (χ0n) is 26.2. The van der Waals surface area contributed by atoms with Crippen LogP contribution in [0.2, 0.25) is 0 Å². The molecule has 2 aliphatic carbocycles. The van der Waals surface area contributed by atoms with Crippen molar-refractivity contribution < 1.29 is 32.5 Å². The van der Waals surface area contributed by atoms with E-state index >= 15 is 0 Å². The quantitative estimate of drug-likeness (QED) is 0.165. The molecule has 0 aliphatic heterocycles. The van der Waals surface area contributed by atoms with Crippen molar-refractivity contribution in [3.05, 3.63) is 107 Å². The van der Waals surface area contributed by atoms with Crippen LogP contribution in [-0.4, -0.2) is 56.5 Å². The number of benzene rings is 3. The Morgan fingerprint density at radius 2 is 1.44 bits per heavy atom. The standard InChI is InChI=1S/C36H43NO7S/c1-25(30-19-31(20-30)35(38)34-18-13-29(34)23-44-36(39)28-7-5-4-6-8-28)24-45(40,41)37(21-26-9-14-32(42-2)15-10-26)22-27-11-16-33(43-3)17-12-27/h4-12,14-17,19,25,29-30,34-35,38H,13,18,20-24H2,1-3H3/t25-,29+,30-,34-,35+/m1/s1. The monoisotopic (exact) mass is 633 g/mol. The highest BCUT2D eigenvalue weighted by atomic mass is 32.2. The third kappa shape index (κ3) is 8.14. The van der Waals surface area contributed by atoms with E-state index in [9.17, 15) is 18.3 Å². The lowest BCUT2D eigenvalue weighted by Gasteiger charge is -2.43. The van der Waals surface area contributed by atoms with E-state index in [1.165, 1.54) is 0 Å². The van der Waals surface area contributed by atoms with Crippen LogP contribution in [0.4, 0.5) is 0 Å². The summed E-state index contributed by atoms with van der Waals surface area (Å²) < 4.78 is 45.3. The van der Waals surface area contributed by atoms with Crippen molar-refractivity contribution in [3.63, 3.8) is 0 Å². The molecule has 0 unspecified atom stereocenters. The molecule has 5 atom stereocenters. The number of hydrogen-bond acceptors (Lipinski definition) is 7. The summed E-state index contributed by atoms with van der Waals surface area (Å²) >= 11 is 0. The molecule has 0 bridgehead atoms. The maximum atomic E-state index is 13.9. The fourth-order valence-electron chi connectivity index (χ4n) is 6.11. The van der Waals surface area contributed by atoms with E-state index in [4.69, 9.17) is 14.2 Å². The predicted molar refractivity (Wildman–Crippen MR) is 173 cm³/mol. The molecule has 8 nitrogen and oxygen atoms in total. The van der Waals surface area contributed by atoms with E-state index in [1.54, 1.807) is 42.8 Å². The number of aliphatic hydroxyl groups is 1. The Bertz CT molecular complexity index is 1510. The van der Waals surface area contributed by atoms with Gasteiger partial charge in [-0.25, -0.2) is 13.2 Å². The molecule has 1 saturated carbocycles. The Balaban J connectivity index is 1.19. The lowest BCUT2D eigenvalue weighted by Crippen LogP contribution is -2.42. The lowest BCUT2D eigenvalue weighted by molar-refractivity contribution is -0.0145. The molecular formula is C36H43NO7S. The Kier molecular flexibility index (Phi) is 10.6. The minimum Gasteiger partial charge on any atom is -0.497 e. The zero-order chi connectivity index (χ0) is 32.0. The zero-order valence-corrected chi connectivity index (χ0v) is 27.0. The molecule has 0 saturated heterocycles. The van der Waals surface area contributed by atoms with Gasteiger partial charge in [0.15, 0.2) is 0 Å². The molecule has 0 amide bonds. The molecule has 1 N–H and O–H groups in total. The van der Waals surface area contributed by atoms with Crippen LogP contribution in [0, 0.1) is 23.7 Å². The van der Waals surface area contributed by atoms with Gasteiger partial charge in [0.2, 0.25) is 10.0 Å². The number of methoxy groups -OCH3 is 2. The van der Waals surface area contributed by atoms with Crippen molar-refractivity contribution in [2.45, 2.75) is 45.4 Å². The summed E-state index contributed by atoms with van der Waals surface area (Å²) in [6.45, 7) is 2.75. The van der Waals surface area contributed by atoms with Gasteiger partial charge in [0.1, 0.15) is 11.5 Å². The summed E-state index contributed by atoms with van der Waals surface area (Å²) in [5.74, 6) is 1.21. The summed E-state index contributed by atoms with van der Waals surface area (Å²) in [4.78, 5) is 12.3. The first kappa shape index (κ1) is 32.7. The summed E-state index contributed by atoms with van der Waals surface area (Å²) in [5.41, 5.74) is 3.23. The number of rotatable bonds is 15. The van der Waals surface area contributed by atoms with E-state index in [1.807, 2.05) is 67.6 Å². The average Bonchev–Trinajstić information content (AvgIpc) is 3.00. The van der Waals surface area contributed by atoms with Crippen LogP contribution in [0.5, 0.6) is 11.5 Å². The highest BCUT2D eigenvalue weighted by Crippen LogP contribution is 2.44. The fourth-order valence-corrected chi connectivity index (χ4v) is 7.93. The van der Waals surface area contributed by atoms with Crippen molar-refractivity contribution in [1.29, 1.82) is 0 Å². The van der Waals surface area contributed by atoms with Gasteiger partial charge in [0.25, 0.3) is 0 Å². The SMILES string of the molecule is COc1ccc(CN(Cc2ccc(OC)cc2)S(=O)(=O)C[C@@H](C)[C@@H]2C=C([C@H](O)[C@@H]3CC[C@H]3COC(=O)c3ccccc3)C2)cc1. The smallest absolute Gasteiger partial charge is 0.338 e. The molecule has 0 spiro atoms. The molecule has 45 heavy (non-hydrogen) atoms. The Hall–Kier alpha value is -3.66. The van der Waals surface area contributed by atoms with Gasteiger partial charge >= 0.3 is 5.97 Å². The number of esters is 1. The first-order chi connectivity index (χ1) is 21.7. The second kappa shape index (κ2) is 14.6. The highest BCUT2D eigenvalue weighted by molar-refractivity contribution is 7.89. The largest absolute Gasteiger partial charge is 0.497 e. The molecular weight excluding hydrogens is 590 g/mol. The van der Waals surface area contributed by atoms with Gasteiger partial charge in [0.05, 0.1) is 38.2 Å². The molecule has 240 valence electrons. The van der Waals surface area contributed by atoms with E-state index in [0.717, 1.165) is 29.5 Å². The molecule has 0 radical (unpaired) electrons. The number of carbonyl (C=O) groups is 1. The van der Waals surface area contributed by atoms with Gasteiger partial charge in [-0.15, -0.1) is 0 Å². The second-order valence-electron chi connectivity index (χ2n) is 12.2. The minimum absolute atomic E-state index is 0.00530. The van der Waals surface area contributed by atoms with Gasteiger partial charge in [0, 0.05) is 13.1 Å². The number of ether oxygens (including phenoxy) is 3. The number of hydrogen-bond donors (Lipinski definition) is 1. The van der Waals surface area contributed by atoms with Gasteiger partial charge in [-0.05, 0) is 96.0 Å². The van der Waals surface area contributed by atoms with E-state index in [0.29, 0.717) is 30.1 Å². The van der Waals surface area contributed by atoms with Crippen LogP contribution in [0.25, 0.3) is 0 Å². The number of sulfonamides is 1. The molecule has 0 heterocycles. The van der Waals surface area contributed by atoms with Crippen molar-refractivity contribution >= 4 is 16.0 Å². The average molecular weight is 634 g/mol. The van der Waals surface area contributed by atoms with Crippen LogP contribution < -0.4 is 9.47 Å². The van der Waals surface area contributed by atoms with Gasteiger partial charge in [-0.1, -0.05) is 55.5 Å². The predicted octanol–water partition coefficient (Wildman–Crippen LogP) is 5.86. The molecule has 3 aromatic rings. The molecule has 3 aromatic carbocycles. The van der Waals surface area contributed by atoms with Crippen LogP contribution >= 0.6 is 0 Å². The van der Waals surface area contributed by atoms with Crippen molar-refractivity contribution in [2.24, 2.45) is 23.7 Å². The van der Waals surface area contributed by atoms with Crippen molar-refractivity contribution in [1.82, 2.24) is 4.31 Å². The first-order valence-electron chi connectivity index (χ1n) is 15.5. The number of aliphatic hydroxyl groups excluding tert-OH is 1. The van der Waals surface area contributed by atoms with E-state index in [2.05, 4.69) is 0 Å². The Morgan fingerprint density at radius 3 is 1.93 bits per heavy atom. The van der Waals surface area contributed by atoms with Gasteiger partial charge in [-0.3, -0.25) is 0 Å². The van der Waals surface area contributed by atoms with Crippen LogP contribution in [-0.2, 0) is 27.8 Å². The molecule has 2 aliphatic rings. The first-order valence-corrected chi connectivity index (χ1v) is 17.1. The Morgan fingerprint density at radius 1 is 0.889 bits per heavy atom. The van der Waals surface area contributed by atoms with E-state index < -0.39 is 16.1 Å². The third-order valence-corrected chi connectivity index (χ3v) is 11.2. The second-order valence-corrected chi connectivity index (χ2v) is 14.3. The normalized spacial score (nSPS) is 20.7. The van der Waals surface area contributed by atoms with Crippen LogP contribution in [0.1, 0.15) is 47.7 Å². The summed E-state index contributed by atoms with van der Waals surface area (Å²) in [6, 6.07) is 23.8. The maximum Gasteiger partial charge on any atom is 0.338 e. The number of allylic oxidation sites excluding steroid dienone is 1. The maximum absolute atomic E-state index is 13.9. The summed E-state index contributed by atoms with van der Waals surface area (Å²) in [5, 5.41) is 11.1. The highest BCUT2D eigenvalue weighted by Gasteiger charge is 2.42. The van der Waals surface area contributed by atoms with Crippen molar-refractivity contribution in [3.8, 4) is 11.5 Å². The van der Waals surface area contributed by atoms with Crippen LogP contribution in [0.15, 0.2) is 90.5 Å². The van der Waals surface area contributed by atoms with Crippen LogP contribution in [0.3, 0.4) is 0 Å². The number of carbonyl (C=O) groups excluding carboxylic acids is 1. The fraction of sp³-hybridized carbons (Fsp3) is 0.417. The molecule has 9 heteroatoms. The third-order valence-electron chi connectivity index (χ3n) is 9.23. The number of nitrogens with zero attached hydrogens (tertiary/aromatic N) is 1. The van der Waals surface area contributed by atoms with Crippen molar-refractivity contribution in [2.75, 3.05) is 26.6 Å². The molecule has 1 fully saturated rings. The summed E-state index contributed by atoms with van der Waals surface area (Å²) in [6.07, 6.45) is 3.91. The minimum atomic E-state index is -3.63. The molecule has 5 rings (SSSR count). The summed E-state index contributed by atoms with van der Waals surface area (Å²) in [7, 11) is -0.431. The van der Waals surface area contributed by atoms with E-state index in [-0.39, 0.29) is 48.5 Å². The topological polar surface area (TPSA) is 102 Å². The van der Waals surface area contributed by atoms with Gasteiger partial charge in [-0.2, -0.15) is 4.31 Å². The van der Waals surface area contributed by atoms with Gasteiger partial charge < -0.3 is 19.3 Å².